The number of methoxy groups -OCH3 is 1. The minimum absolute atomic E-state index is 0.254. The van der Waals surface area contributed by atoms with Crippen LogP contribution in [0.2, 0.25) is 5.02 Å². The third-order valence-electron chi connectivity index (χ3n) is 5.11. The number of hydrogen-bond acceptors (Lipinski definition) is 5. The molecular weight excluding hydrogens is 404 g/mol. The lowest BCUT2D eigenvalue weighted by atomic mass is 10.1. The number of aryl methyl sites for hydroxylation is 1. The van der Waals surface area contributed by atoms with Gasteiger partial charge in [-0.05, 0) is 49.4 Å². The van der Waals surface area contributed by atoms with Crippen LogP contribution in [0.5, 0.6) is 5.75 Å². The SMILES string of the molecule is COc1ccc(-n2nc(C)c3c4c(cnc32)C(=O)N(c2cccc(Cl)c2)C4=O)cc1. The number of amides is 2. The number of hydrogen-bond donors (Lipinski definition) is 0. The Morgan fingerprint density at radius 1 is 1.00 bits per heavy atom. The summed E-state index contributed by atoms with van der Waals surface area (Å²) in [5.41, 5.74) is 2.86. The molecule has 148 valence electrons. The number of imide groups is 1. The van der Waals surface area contributed by atoms with E-state index >= 15 is 0 Å². The van der Waals surface area contributed by atoms with Gasteiger partial charge in [0, 0.05) is 11.2 Å². The molecular formula is C22H15ClN4O3. The summed E-state index contributed by atoms with van der Waals surface area (Å²) in [5.74, 6) is -0.121. The fourth-order valence-electron chi connectivity index (χ4n) is 3.71. The molecule has 0 unspecified atom stereocenters. The van der Waals surface area contributed by atoms with Gasteiger partial charge in [0.2, 0.25) is 0 Å². The minimum Gasteiger partial charge on any atom is -0.497 e. The third-order valence-corrected chi connectivity index (χ3v) is 5.34. The van der Waals surface area contributed by atoms with Crippen molar-refractivity contribution < 1.29 is 14.3 Å². The van der Waals surface area contributed by atoms with E-state index in [-0.39, 0.29) is 5.56 Å². The highest BCUT2D eigenvalue weighted by Crippen LogP contribution is 2.35. The highest BCUT2D eigenvalue weighted by molar-refractivity contribution is 6.38. The average molecular weight is 419 g/mol. The third kappa shape index (κ3) is 2.59. The molecule has 2 amide bonds. The number of halogens is 1. The summed E-state index contributed by atoms with van der Waals surface area (Å²) in [6, 6.07) is 14.0. The molecule has 0 N–H and O–H groups in total. The van der Waals surface area contributed by atoms with Gasteiger partial charge in [0.15, 0.2) is 5.65 Å². The lowest BCUT2D eigenvalue weighted by Crippen LogP contribution is -2.29. The monoisotopic (exact) mass is 418 g/mol. The maximum Gasteiger partial charge on any atom is 0.267 e. The Morgan fingerprint density at radius 3 is 2.47 bits per heavy atom. The van der Waals surface area contributed by atoms with Crippen LogP contribution in [0.4, 0.5) is 5.69 Å². The number of benzene rings is 2. The van der Waals surface area contributed by atoms with Gasteiger partial charge in [-0.3, -0.25) is 9.59 Å². The Labute approximate surface area is 176 Å². The molecule has 30 heavy (non-hydrogen) atoms. The van der Waals surface area contributed by atoms with Crippen molar-refractivity contribution in [1.82, 2.24) is 14.8 Å². The van der Waals surface area contributed by atoms with Gasteiger partial charge >= 0.3 is 0 Å². The second-order valence-corrected chi connectivity index (χ2v) is 7.30. The van der Waals surface area contributed by atoms with Crippen LogP contribution in [0.1, 0.15) is 26.4 Å². The quantitative estimate of drug-likeness (QED) is 0.466. The maximum absolute atomic E-state index is 13.3. The van der Waals surface area contributed by atoms with Gasteiger partial charge in [0.1, 0.15) is 5.75 Å². The Balaban J connectivity index is 1.68. The fourth-order valence-corrected chi connectivity index (χ4v) is 3.90. The van der Waals surface area contributed by atoms with Gasteiger partial charge < -0.3 is 4.74 Å². The molecule has 0 aliphatic carbocycles. The van der Waals surface area contributed by atoms with E-state index in [0.29, 0.717) is 33.0 Å². The Bertz CT molecular complexity index is 1340. The summed E-state index contributed by atoms with van der Waals surface area (Å²) in [6.45, 7) is 1.80. The molecule has 0 radical (unpaired) electrons. The average Bonchev–Trinajstić information content (AvgIpc) is 3.22. The molecule has 5 rings (SSSR count). The lowest BCUT2D eigenvalue weighted by molar-refractivity contribution is 0.0926. The molecule has 0 fully saturated rings. The number of fused-ring (bicyclic) bond motifs is 3. The summed E-state index contributed by atoms with van der Waals surface area (Å²) in [7, 11) is 1.60. The first kappa shape index (κ1) is 18.3. The first-order valence-electron chi connectivity index (χ1n) is 9.16. The predicted molar refractivity (Wildman–Crippen MR) is 113 cm³/mol. The maximum atomic E-state index is 13.3. The summed E-state index contributed by atoms with van der Waals surface area (Å²) < 4.78 is 6.86. The zero-order valence-electron chi connectivity index (χ0n) is 16.1. The van der Waals surface area contributed by atoms with Crippen LogP contribution >= 0.6 is 11.6 Å². The van der Waals surface area contributed by atoms with E-state index in [1.165, 1.54) is 6.20 Å². The van der Waals surface area contributed by atoms with Crippen molar-refractivity contribution in [2.45, 2.75) is 6.92 Å². The highest BCUT2D eigenvalue weighted by atomic mass is 35.5. The number of anilines is 1. The first-order chi connectivity index (χ1) is 14.5. The van der Waals surface area contributed by atoms with Crippen molar-refractivity contribution in [3.05, 3.63) is 76.6 Å². The molecule has 8 heteroatoms. The van der Waals surface area contributed by atoms with E-state index in [1.54, 1.807) is 43.0 Å². The fraction of sp³-hybridized carbons (Fsp3) is 0.0909. The standard InChI is InChI=1S/C22H15ClN4O3/c1-12-18-19-17(21(28)26(22(19)29)15-5-3-4-13(23)10-15)11-24-20(18)27(25-12)14-6-8-16(30-2)9-7-14/h3-11H,1-2H3. The number of pyridine rings is 1. The van der Waals surface area contributed by atoms with E-state index in [4.69, 9.17) is 16.3 Å². The van der Waals surface area contributed by atoms with Crippen molar-refractivity contribution in [2.24, 2.45) is 0 Å². The zero-order chi connectivity index (χ0) is 21.0. The van der Waals surface area contributed by atoms with Gasteiger partial charge in [0.05, 0.1) is 40.7 Å². The van der Waals surface area contributed by atoms with E-state index < -0.39 is 11.8 Å². The molecule has 0 spiro atoms. The van der Waals surface area contributed by atoms with Crippen LogP contribution < -0.4 is 9.64 Å². The van der Waals surface area contributed by atoms with Crippen LogP contribution in [-0.4, -0.2) is 33.7 Å². The van der Waals surface area contributed by atoms with E-state index in [1.807, 2.05) is 24.3 Å². The summed E-state index contributed by atoms with van der Waals surface area (Å²) >= 11 is 6.06. The predicted octanol–water partition coefficient (Wildman–Crippen LogP) is 4.19. The van der Waals surface area contributed by atoms with Gasteiger partial charge in [-0.2, -0.15) is 5.10 Å². The number of nitrogens with zero attached hydrogens (tertiary/aromatic N) is 4. The Morgan fingerprint density at radius 2 is 1.77 bits per heavy atom. The molecule has 0 saturated carbocycles. The molecule has 2 aromatic heterocycles. The normalized spacial score (nSPS) is 13.2. The zero-order valence-corrected chi connectivity index (χ0v) is 16.8. The van der Waals surface area contributed by atoms with E-state index in [2.05, 4.69) is 10.1 Å². The van der Waals surface area contributed by atoms with Crippen LogP contribution in [0, 0.1) is 6.92 Å². The smallest absolute Gasteiger partial charge is 0.267 e. The van der Waals surface area contributed by atoms with Crippen LogP contribution in [0.15, 0.2) is 54.7 Å². The van der Waals surface area contributed by atoms with Crippen LogP contribution in [-0.2, 0) is 0 Å². The van der Waals surface area contributed by atoms with E-state index in [9.17, 15) is 9.59 Å². The van der Waals surface area contributed by atoms with Crippen molar-refractivity contribution in [3.63, 3.8) is 0 Å². The van der Waals surface area contributed by atoms with Crippen molar-refractivity contribution in [1.29, 1.82) is 0 Å². The summed E-state index contributed by atoms with van der Waals surface area (Å²) in [6.07, 6.45) is 1.43. The molecule has 4 aromatic rings. The molecule has 7 nitrogen and oxygen atoms in total. The van der Waals surface area contributed by atoms with Gasteiger partial charge in [-0.25, -0.2) is 14.6 Å². The second kappa shape index (κ2) is 6.67. The molecule has 3 heterocycles. The number of carbonyl (C=O) groups is 2. The second-order valence-electron chi connectivity index (χ2n) is 6.87. The highest BCUT2D eigenvalue weighted by Gasteiger charge is 2.40. The summed E-state index contributed by atoms with van der Waals surface area (Å²) in [4.78, 5) is 31.9. The van der Waals surface area contributed by atoms with Gasteiger partial charge in [-0.15, -0.1) is 0 Å². The number of aromatic nitrogens is 3. The van der Waals surface area contributed by atoms with E-state index in [0.717, 1.165) is 16.3 Å². The molecule has 0 bridgehead atoms. The molecule has 1 aliphatic rings. The molecule has 0 saturated heterocycles. The summed E-state index contributed by atoms with van der Waals surface area (Å²) in [5, 5.41) is 5.58. The molecule has 0 atom stereocenters. The van der Waals surface area contributed by atoms with Crippen LogP contribution in [0.3, 0.4) is 0 Å². The number of rotatable bonds is 3. The largest absolute Gasteiger partial charge is 0.497 e. The Hall–Kier alpha value is -3.71. The minimum atomic E-state index is -0.428. The topological polar surface area (TPSA) is 77.3 Å². The number of ether oxygens (including phenoxy) is 1. The van der Waals surface area contributed by atoms with Gasteiger partial charge in [-0.1, -0.05) is 17.7 Å². The van der Waals surface area contributed by atoms with Crippen molar-refractivity contribution in [2.75, 3.05) is 12.0 Å². The van der Waals surface area contributed by atoms with Crippen molar-refractivity contribution >= 4 is 40.1 Å². The van der Waals surface area contributed by atoms with Crippen molar-refractivity contribution in [3.8, 4) is 11.4 Å². The number of carbonyl (C=O) groups excluding carboxylic acids is 2. The van der Waals surface area contributed by atoms with Gasteiger partial charge in [0.25, 0.3) is 11.8 Å². The molecule has 2 aromatic carbocycles. The first-order valence-corrected chi connectivity index (χ1v) is 9.54. The van der Waals surface area contributed by atoms with Crippen LogP contribution in [0.25, 0.3) is 16.7 Å². The Kier molecular flexibility index (Phi) is 4.08. The lowest BCUT2D eigenvalue weighted by Gasteiger charge is -2.13. The molecule has 1 aliphatic heterocycles.